The molecular weight excluding hydrogens is 335 g/mol. The van der Waals surface area contributed by atoms with Crippen LogP contribution in [-0.4, -0.2) is 15.7 Å². The van der Waals surface area contributed by atoms with Crippen molar-refractivity contribution in [2.75, 3.05) is 5.32 Å². The van der Waals surface area contributed by atoms with Crippen molar-refractivity contribution in [3.05, 3.63) is 70.3 Å². The Morgan fingerprint density at radius 2 is 1.84 bits per heavy atom. The fourth-order valence-corrected chi connectivity index (χ4v) is 2.41. The van der Waals surface area contributed by atoms with E-state index in [1.54, 1.807) is 24.3 Å². The van der Waals surface area contributed by atoms with Gasteiger partial charge in [0.1, 0.15) is 6.04 Å². The third kappa shape index (κ3) is 2.98. The SMILES string of the molecule is C[C@H](C(=O)Nc1ccc(F)c(F)c1F)n1ncc(=O)c2ccccc21. The van der Waals surface area contributed by atoms with Crippen LogP contribution in [-0.2, 0) is 4.79 Å². The zero-order valence-corrected chi connectivity index (χ0v) is 13.0. The molecule has 3 aromatic rings. The van der Waals surface area contributed by atoms with Crippen LogP contribution in [0.1, 0.15) is 13.0 Å². The second-order valence-electron chi connectivity index (χ2n) is 5.36. The molecule has 0 bridgehead atoms. The van der Waals surface area contributed by atoms with Gasteiger partial charge in [0, 0.05) is 5.39 Å². The number of hydrogen-bond donors (Lipinski definition) is 1. The van der Waals surface area contributed by atoms with Gasteiger partial charge in [0.05, 0.1) is 17.4 Å². The standard InChI is InChI=1S/C17H12F3N3O2/c1-9(17(25)22-12-7-6-11(18)15(19)16(12)20)23-13-5-3-2-4-10(13)14(24)8-21-23/h2-9H,1H3,(H,22,25)/t9-/m1/s1. The third-order valence-electron chi connectivity index (χ3n) is 3.76. The summed E-state index contributed by atoms with van der Waals surface area (Å²) in [7, 11) is 0. The average molecular weight is 347 g/mol. The topological polar surface area (TPSA) is 64.0 Å². The minimum absolute atomic E-state index is 0.300. The van der Waals surface area contributed by atoms with Gasteiger partial charge in [0.25, 0.3) is 0 Å². The average Bonchev–Trinajstić information content (AvgIpc) is 2.62. The molecule has 1 amide bonds. The number of benzene rings is 2. The Morgan fingerprint density at radius 1 is 1.12 bits per heavy atom. The number of carbonyl (C=O) groups excluding carboxylic acids is 1. The Bertz CT molecular complexity index is 1030. The lowest BCUT2D eigenvalue weighted by atomic mass is 10.2. The third-order valence-corrected chi connectivity index (χ3v) is 3.76. The predicted octanol–water partition coefficient (Wildman–Crippen LogP) is 3.01. The second-order valence-corrected chi connectivity index (χ2v) is 5.36. The van der Waals surface area contributed by atoms with Crippen molar-refractivity contribution in [2.45, 2.75) is 13.0 Å². The van der Waals surface area contributed by atoms with Gasteiger partial charge in [-0.05, 0) is 31.2 Å². The molecule has 0 aliphatic heterocycles. The first-order valence-corrected chi connectivity index (χ1v) is 7.31. The minimum Gasteiger partial charge on any atom is -0.322 e. The maximum atomic E-state index is 13.7. The summed E-state index contributed by atoms with van der Waals surface area (Å²) in [6, 6.07) is 7.27. The van der Waals surface area contributed by atoms with Crippen molar-refractivity contribution in [1.29, 1.82) is 0 Å². The molecule has 0 radical (unpaired) electrons. The van der Waals surface area contributed by atoms with Gasteiger partial charge in [-0.2, -0.15) is 5.10 Å². The van der Waals surface area contributed by atoms with Crippen molar-refractivity contribution >= 4 is 22.5 Å². The second kappa shape index (κ2) is 6.39. The molecule has 1 heterocycles. The molecule has 0 saturated heterocycles. The first-order valence-electron chi connectivity index (χ1n) is 7.31. The lowest BCUT2D eigenvalue weighted by Gasteiger charge is -2.17. The number of fused-ring (bicyclic) bond motifs is 1. The number of nitrogens with one attached hydrogen (secondary N) is 1. The molecule has 0 saturated carbocycles. The molecule has 0 aliphatic carbocycles. The molecule has 1 N–H and O–H groups in total. The number of para-hydroxylation sites is 1. The van der Waals surface area contributed by atoms with Gasteiger partial charge < -0.3 is 5.32 Å². The van der Waals surface area contributed by atoms with E-state index in [9.17, 15) is 22.8 Å². The summed E-state index contributed by atoms with van der Waals surface area (Å²) in [5, 5.41) is 6.51. The number of amides is 1. The number of hydrogen-bond acceptors (Lipinski definition) is 3. The highest BCUT2D eigenvalue weighted by Gasteiger charge is 2.21. The molecule has 0 fully saturated rings. The van der Waals surface area contributed by atoms with Gasteiger partial charge in [0.15, 0.2) is 17.5 Å². The van der Waals surface area contributed by atoms with Gasteiger partial charge in [0.2, 0.25) is 11.3 Å². The quantitative estimate of drug-likeness (QED) is 0.741. The van der Waals surface area contributed by atoms with E-state index in [1.807, 2.05) is 0 Å². The van der Waals surface area contributed by atoms with Crippen LogP contribution in [0.4, 0.5) is 18.9 Å². The summed E-state index contributed by atoms with van der Waals surface area (Å²) in [6.45, 7) is 1.48. The van der Waals surface area contributed by atoms with Crippen molar-refractivity contribution in [3.8, 4) is 0 Å². The molecule has 0 unspecified atom stereocenters. The van der Waals surface area contributed by atoms with Crippen molar-refractivity contribution < 1.29 is 18.0 Å². The molecule has 8 heteroatoms. The van der Waals surface area contributed by atoms with Crippen molar-refractivity contribution in [1.82, 2.24) is 9.78 Å². The van der Waals surface area contributed by atoms with Gasteiger partial charge >= 0.3 is 0 Å². The van der Waals surface area contributed by atoms with Crippen LogP contribution < -0.4 is 10.7 Å². The Hall–Kier alpha value is -3.16. The summed E-state index contributed by atoms with van der Waals surface area (Å²) < 4.78 is 41.2. The molecule has 1 aromatic heterocycles. The minimum atomic E-state index is -1.67. The van der Waals surface area contributed by atoms with E-state index >= 15 is 0 Å². The summed E-state index contributed by atoms with van der Waals surface area (Å²) in [6.07, 6.45) is 1.07. The Kier molecular flexibility index (Phi) is 4.26. The number of rotatable bonds is 3. The summed E-state index contributed by atoms with van der Waals surface area (Å²) in [4.78, 5) is 24.2. The first-order chi connectivity index (χ1) is 11.9. The van der Waals surface area contributed by atoms with Crippen LogP contribution in [0.15, 0.2) is 47.4 Å². The number of anilines is 1. The Labute approximate surface area is 139 Å². The highest BCUT2D eigenvalue weighted by atomic mass is 19.2. The summed E-state index contributed by atoms with van der Waals surface area (Å²) in [5.74, 6) is -5.21. The molecule has 5 nitrogen and oxygen atoms in total. The fourth-order valence-electron chi connectivity index (χ4n) is 2.41. The lowest BCUT2D eigenvalue weighted by Crippen LogP contribution is -2.27. The van der Waals surface area contributed by atoms with Crippen LogP contribution in [0.25, 0.3) is 10.9 Å². The van der Waals surface area contributed by atoms with Crippen molar-refractivity contribution in [3.63, 3.8) is 0 Å². The Morgan fingerprint density at radius 3 is 2.60 bits per heavy atom. The molecule has 1 atom stereocenters. The molecule has 0 spiro atoms. The summed E-state index contributed by atoms with van der Waals surface area (Å²) >= 11 is 0. The normalized spacial score (nSPS) is 12.2. The van der Waals surface area contributed by atoms with Crippen LogP contribution in [0.2, 0.25) is 0 Å². The van der Waals surface area contributed by atoms with Crippen LogP contribution in [0, 0.1) is 17.5 Å². The molecular formula is C17H12F3N3O2. The first kappa shape index (κ1) is 16.7. The zero-order valence-electron chi connectivity index (χ0n) is 13.0. The molecule has 3 rings (SSSR count). The number of carbonyl (C=O) groups is 1. The lowest BCUT2D eigenvalue weighted by molar-refractivity contribution is -0.119. The largest absolute Gasteiger partial charge is 0.322 e. The van der Waals surface area contributed by atoms with Gasteiger partial charge in [-0.25, -0.2) is 13.2 Å². The molecule has 128 valence electrons. The van der Waals surface area contributed by atoms with Gasteiger partial charge in [-0.3, -0.25) is 14.3 Å². The highest BCUT2D eigenvalue weighted by molar-refractivity contribution is 5.94. The van der Waals surface area contributed by atoms with Crippen LogP contribution >= 0.6 is 0 Å². The smallest absolute Gasteiger partial charge is 0.249 e. The van der Waals surface area contributed by atoms with E-state index in [2.05, 4.69) is 10.4 Å². The van der Waals surface area contributed by atoms with E-state index in [4.69, 9.17) is 0 Å². The maximum absolute atomic E-state index is 13.7. The van der Waals surface area contributed by atoms with Gasteiger partial charge in [-0.15, -0.1) is 0 Å². The molecule has 25 heavy (non-hydrogen) atoms. The van der Waals surface area contributed by atoms with Gasteiger partial charge in [-0.1, -0.05) is 12.1 Å². The number of nitrogens with zero attached hydrogens (tertiary/aromatic N) is 2. The maximum Gasteiger partial charge on any atom is 0.249 e. The van der Waals surface area contributed by atoms with E-state index in [1.165, 1.54) is 11.6 Å². The number of halogens is 3. The molecule has 2 aromatic carbocycles. The Balaban J connectivity index is 1.95. The van der Waals surface area contributed by atoms with E-state index in [0.29, 0.717) is 17.0 Å². The summed E-state index contributed by atoms with van der Waals surface area (Å²) in [5.41, 5.74) is -0.365. The highest BCUT2D eigenvalue weighted by Crippen LogP contribution is 2.21. The van der Waals surface area contributed by atoms with E-state index in [0.717, 1.165) is 12.3 Å². The van der Waals surface area contributed by atoms with E-state index in [-0.39, 0.29) is 5.43 Å². The van der Waals surface area contributed by atoms with Crippen LogP contribution in [0.3, 0.4) is 0 Å². The monoisotopic (exact) mass is 347 g/mol. The molecule has 0 aliphatic rings. The predicted molar refractivity (Wildman–Crippen MR) is 85.7 cm³/mol. The fraction of sp³-hybridized carbons (Fsp3) is 0.118. The zero-order chi connectivity index (χ0) is 18.1. The van der Waals surface area contributed by atoms with Crippen LogP contribution in [0.5, 0.6) is 0 Å². The van der Waals surface area contributed by atoms with E-state index < -0.39 is 35.1 Å². The van der Waals surface area contributed by atoms with Crippen molar-refractivity contribution in [2.24, 2.45) is 0 Å². The number of aromatic nitrogens is 2.